The van der Waals surface area contributed by atoms with Crippen LogP contribution in [0.25, 0.3) is 0 Å². The Kier molecular flexibility index (Phi) is 15.9. The van der Waals surface area contributed by atoms with Crippen molar-refractivity contribution < 1.29 is 20.4 Å². The molecule has 0 heterocycles. The van der Waals surface area contributed by atoms with Crippen molar-refractivity contribution in [1.29, 1.82) is 0 Å². The molecule has 0 amide bonds. The van der Waals surface area contributed by atoms with Crippen LogP contribution in [-0.2, 0) is 10.8 Å². The molecule has 0 saturated carbocycles. The van der Waals surface area contributed by atoms with Crippen LogP contribution >= 0.6 is 11.8 Å². The fourth-order valence-corrected chi connectivity index (χ4v) is 5.83. The van der Waals surface area contributed by atoms with E-state index < -0.39 is 0 Å². The largest absolute Gasteiger partial charge is 0.508 e. The fraction of sp³-hybridized carbons (Fsp3) is 0.400. The highest BCUT2D eigenvalue weighted by Gasteiger charge is 2.20. The number of para-hydroxylation sites is 2. The molecule has 5 heteroatoms. The molecule has 45 heavy (non-hydrogen) atoms. The third kappa shape index (κ3) is 13.5. The van der Waals surface area contributed by atoms with E-state index in [9.17, 15) is 20.4 Å². The van der Waals surface area contributed by atoms with Crippen LogP contribution in [0.5, 0.6) is 23.0 Å². The first-order valence-electron chi connectivity index (χ1n) is 16.2. The third-order valence-electron chi connectivity index (χ3n) is 8.06. The van der Waals surface area contributed by atoms with Gasteiger partial charge in [-0.15, -0.1) is 0 Å². The van der Waals surface area contributed by atoms with Crippen LogP contribution in [0.4, 0.5) is 0 Å². The Labute approximate surface area is 276 Å². The van der Waals surface area contributed by atoms with E-state index in [-0.39, 0.29) is 22.3 Å². The van der Waals surface area contributed by atoms with Crippen LogP contribution in [0.2, 0.25) is 0 Å². The molecule has 244 valence electrons. The second kappa shape index (κ2) is 19.1. The van der Waals surface area contributed by atoms with Gasteiger partial charge in [-0.25, -0.2) is 0 Å². The molecule has 0 unspecified atom stereocenters. The molecule has 0 aliphatic heterocycles. The molecule has 0 aliphatic carbocycles. The Morgan fingerprint density at radius 3 is 1.11 bits per heavy atom. The smallest absolute Gasteiger partial charge is 0.129 e. The molecule has 0 fully saturated rings. The second-order valence-corrected chi connectivity index (χ2v) is 13.9. The van der Waals surface area contributed by atoms with Crippen molar-refractivity contribution in [2.45, 2.75) is 114 Å². The molecule has 4 N–H and O–H groups in total. The Balaban J connectivity index is 0.000000235. The van der Waals surface area contributed by atoms with Gasteiger partial charge in [-0.3, -0.25) is 0 Å². The predicted octanol–water partition coefficient (Wildman–Crippen LogP) is 11.7. The summed E-state index contributed by atoms with van der Waals surface area (Å²) in [5.74, 6) is 1.16. The summed E-state index contributed by atoms with van der Waals surface area (Å²) in [6, 6.07) is 29.3. The minimum atomic E-state index is 0.225. The monoisotopic (exact) mass is 630 g/mol. The molecule has 4 rings (SSSR count). The van der Waals surface area contributed by atoms with Gasteiger partial charge in [0.1, 0.15) is 23.0 Å². The number of unbranched alkanes of at least 4 members (excludes halogenated alkanes) is 4. The van der Waals surface area contributed by atoms with E-state index in [4.69, 9.17) is 0 Å². The van der Waals surface area contributed by atoms with E-state index in [0.29, 0.717) is 11.5 Å². The maximum atomic E-state index is 9.56. The minimum absolute atomic E-state index is 0.225. The van der Waals surface area contributed by atoms with Gasteiger partial charge in [0.2, 0.25) is 0 Å². The van der Waals surface area contributed by atoms with E-state index in [1.165, 1.54) is 74.3 Å². The molecule has 0 spiro atoms. The van der Waals surface area contributed by atoms with Gasteiger partial charge in [0.25, 0.3) is 0 Å². The van der Waals surface area contributed by atoms with Crippen LogP contribution in [0.3, 0.4) is 0 Å². The summed E-state index contributed by atoms with van der Waals surface area (Å²) in [6.07, 6.45) is 10.1. The van der Waals surface area contributed by atoms with Crippen LogP contribution in [0.15, 0.2) is 107 Å². The summed E-state index contributed by atoms with van der Waals surface area (Å²) < 4.78 is 0. The van der Waals surface area contributed by atoms with E-state index in [2.05, 4.69) is 41.5 Å². The summed E-state index contributed by atoms with van der Waals surface area (Å²) in [5.41, 5.74) is 3.08. The average molecular weight is 631 g/mol. The fourth-order valence-electron chi connectivity index (χ4n) is 4.95. The van der Waals surface area contributed by atoms with Crippen molar-refractivity contribution in [2.24, 2.45) is 0 Å². The molecule has 0 aliphatic rings. The zero-order chi connectivity index (χ0) is 33.3. The van der Waals surface area contributed by atoms with Gasteiger partial charge in [-0.2, -0.15) is 0 Å². The summed E-state index contributed by atoms with van der Waals surface area (Å²) >= 11 is 1.34. The number of hydrogen-bond donors (Lipinski definition) is 4. The average Bonchev–Trinajstić information content (AvgIpc) is 3.01. The van der Waals surface area contributed by atoms with Crippen LogP contribution < -0.4 is 0 Å². The topological polar surface area (TPSA) is 80.9 Å². The first-order valence-corrected chi connectivity index (χ1v) is 17.0. The molecule has 0 atom stereocenters. The van der Waals surface area contributed by atoms with Gasteiger partial charge < -0.3 is 20.4 Å². The van der Waals surface area contributed by atoms with Gasteiger partial charge in [0.15, 0.2) is 0 Å². The van der Waals surface area contributed by atoms with Crippen LogP contribution in [-0.4, -0.2) is 20.4 Å². The summed E-state index contributed by atoms with van der Waals surface area (Å²) in [4.78, 5) is 1.47. The SMILES string of the molecule is CCCCCC(C)(C)c1ccc(O)cc1.CCCCCC(C)(C)c1ccc(O)cc1.Oc1ccccc1Sc1ccccc1O. The first-order chi connectivity index (χ1) is 21.4. The minimum Gasteiger partial charge on any atom is -0.508 e. The lowest BCUT2D eigenvalue weighted by Crippen LogP contribution is -2.16. The van der Waals surface area contributed by atoms with Gasteiger partial charge in [-0.05, 0) is 83.3 Å². The quantitative estimate of drug-likeness (QED) is 0.117. The number of aromatic hydroxyl groups is 4. The van der Waals surface area contributed by atoms with Crippen molar-refractivity contribution in [2.75, 3.05) is 0 Å². The zero-order valence-corrected chi connectivity index (χ0v) is 28.9. The summed E-state index contributed by atoms with van der Waals surface area (Å²) in [6.45, 7) is 13.6. The van der Waals surface area contributed by atoms with Gasteiger partial charge >= 0.3 is 0 Å². The Morgan fingerprint density at radius 1 is 0.467 bits per heavy atom. The second-order valence-electron chi connectivity index (χ2n) is 12.8. The predicted molar refractivity (Wildman–Crippen MR) is 191 cm³/mol. The highest BCUT2D eigenvalue weighted by Crippen LogP contribution is 2.38. The van der Waals surface area contributed by atoms with E-state index in [1.807, 2.05) is 48.5 Å². The maximum Gasteiger partial charge on any atom is 0.129 e. The van der Waals surface area contributed by atoms with Gasteiger partial charge in [-0.1, -0.05) is 140 Å². The standard InChI is InChI=1S/2C14H22O.C12H10O2S/c2*1-4-5-6-11-14(2,3)12-7-9-13(15)10-8-12;13-9-5-1-3-7-11(9)15-12-8-4-2-6-10(12)14/h2*7-10,15H,4-6,11H2,1-3H3;1-8,13-14H. The molecule has 4 nitrogen and oxygen atoms in total. The van der Waals surface area contributed by atoms with Crippen molar-refractivity contribution in [3.8, 4) is 23.0 Å². The van der Waals surface area contributed by atoms with Crippen molar-refractivity contribution in [3.63, 3.8) is 0 Å². The highest BCUT2D eigenvalue weighted by molar-refractivity contribution is 7.99. The molecule has 0 saturated heterocycles. The maximum absolute atomic E-state index is 9.56. The number of phenols is 4. The van der Waals surface area contributed by atoms with E-state index in [0.717, 1.165) is 9.79 Å². The molecule has 0 radical (unpaired) electrons. The Bertz CT molecular complexity index is 1270. The van der Waals surface area contributed by atoms with Crippen LogP contribution in [0.1, 0.15) is 104 Å². The van der Waals surface area contributed by atoms with Crippen molar-refractivity contribution in [3.05, 3.63) is 108 Å². The van der Waals surface area contributed by atoms with Gasteiger partial charge in [0, 0.05) is 0 Å². The Hall–Kier alpha value is -3.57. The summed E-state index contributed by atoms with van der Waals surface area (Å²) in [7, 11) is 0. The normalized spacial score (nSPS) is 11.2. The number of hydrogen-bond acceptors (Lipinski definition) is 5. The molecule has 4 aromatic carbocycles. The lowest BCUT2D eigenvalue weighted by molar-refractivity contribution is 0.446. The first kappa shape index (κ1) is 37.6. The lowest BCUT2D eigenvalue weighted by Gasteiger charge is -2.25. The number of phenolic OH excluding ortho intramolecular Hbond substituents is 4. The Morgan fingerprint density at radius 2 is 0.800 bits per heavy atom. The number of benzene rings is 4. The molecule has 4 aromatic rings. The molecular weight excluding hydrogens is 577 g/mol. The third-order valence-corrected chi connectivity index (χ3v) is 9.19. The number of rotatable bonds is 12. The van der Waals surface area contributed by atoms with E-state index >= 15 is 0 Å². The zero-order valence-electron chi connectivity index (χ0n) is 28.1. The van der Waals surface area contributed by atoms with E-state index in [1.54, 1.807) is 48.5 Å². The lowest BCUT2D eigenvalue weighted by atomic mass is 9.80. The highest BCUT2D eigenvalue weighted by atomic mass is 32.2. The molecule has 0 bridgehead atoms. The van der Waals surface area contributed by atoms with Crippen molar-refractivity contribution >= 4 is 11.8 Å². The van der Waals surface area contributed by atoms with Gasteiger partial charge in [0.05, 0.1) is 9.79 Å². The summed E-state index contributed by atoms with van der Waals surface area (Å²) in [5, 5.41) is 37.6. The molecule has 0 aromatic heterocycles. The van der Waals surface area contributed by atoms with Crippen LogP contribution in [0, 0.1) is 0 Å². The van der Waals surface area contributed by atoms with Crippen molar-refractivity contribution in [1.82, 2.24) is 0 Å². The molecular formula is C40H54O4S.